The summed E-state index contributed by atoms with van der Waals surface area (Å²) in [5.74, 6) is -0.881. The van der Waals surface area contributed by atoms with Crippen molar-refractivity contribution in [1.29, 1.82) is 10.5 Å². The predicted molar refractivity (Wildman–Crippen MR) is 118 cm³/mol. The summed E-state index contributed by atoms with van der Waals surface area (Å²) in [6, 6.07) is 16.5. The number of fused-ring (bicyclic) bond motifs is 3. The summed E-state index contributed by atoms with van der Waals surface area (Å²) in [6.45, 7) is 5.45. The van der Waals surface area contributed by atoms with E-state index in [1.165, 1.54) is 12.1 Å². The highest BCUT2D eigenvalue weighted by atomic mass is 16.6. The third-order valence-corrected chi connectivity index (χ3v) is 6.41. The number of Topliss-reactive ketones (excluding diaryl/α,β-unsaturated/α-hetero) is 1. The summed E-state index contributed by atoms with van der Waals surface area (Å²) >= 11 is 0. The van der Waals surface area contributed by atoms with E-state index in [0.29, 0.717) is 5.56 Å². The molecule has 160 valence electrons. The van der Waals surface area contributed by atoms with Gasteiger partial charge in [-0.15, -0.1) is 0 Å². The van der Waals surface area contributed by atoms with Crippen molar-refractivity contribution in [2.24, 2.45) is 10.8 Å². The smallest absolute Gasteiger partial charge is 0.269 e. The van der Waals surface area contributed by atoms with Gasteiger partial charge in [-0.05, 0) is 22.8 Å². The first-order valence-corrected chi connectivity index (χ1v) is 10.3. The van der Waals surface area contributed by atoms with Crippen molar-refractivity contribution in [3.63, 3.8) is 0 Å². The van der Waals surface area contributed by atoms with Gasteiger partial charge in [-0.25, -0.2) is 0 Å². The van der Waals surface area contributed by atoms with Crippen LogP contribution in [-0.2, 0) is 4.79 Å². The Morgan fingerprint density at radius 2 is 1.72 bits per heavy atom. The topological polar surface area (TPSA) is 111 Å². The van der Waals surface area contributed by atoms with Gasteiger partial charge in [-0.3, -0.25) is 14.9 Å². The fourth-order valence-electron chi connectivity index (χ4n) is 4.92. The van der Waals surface area contributed by atoms with Crippen LogP contribution in [0, 0.1) is 43.6 Å². The molecule has 32 heavy (non-hydrogen) atoms. The maximum Gasteiger partial charge on any atom is 0.269 e. The molecule has 0 saturated carbocycles. The highest BCUT2D eigenvalue weighted by Gasteiger charge is 2.64. The molecule has 2 aliphatic rings. The second kappa shape index (κ2) is 7.32. The molecule has 0 N–H and O–H groups in total. The van der Waals surface area contributed by atoms with Crippen molar-refractivity contribution in [1.82, 2.24) is 4.90 Å². The lowest BCUT2D eigenvalue weighted by molar-refractivity contribution is -0.384. The van der Waals surface area contributed by atoms with Crippen LogP contribution in [0.2, 0.25) is 0 Å². The third-order valence-electron chi connectivity index (χ3n) is 6.41. The highest BCUT2D eigenvalue weighted by molar-refractivity contribution is 5.91. The number of nitrogens with zero attached hydrogens (tertiary/aromatic N) is 4. The average molecular weight is 426 g/mol. The van der Waals surface area contributed by atoms with Crippen molar-refractivity contribution in [2.45, 2.75) is 38.8 Å². The number of carbonyl (C=O) groups is 1. The SMILES string of the molecule is CC(C)(C)C(=O)C1C(c2ccc([N+](=O)[O-])cc2)C(C#N)(C#N)C2c3ccccc3C=CN12. The van der Waals surface area contributed by atoms with Crippen LogP contribution in [-0.4, -0.2) is 21.6 Å². The molecule has 2 aromatic rings. The number of non-ortho nitro benzene ring substituents is 1. The van der Waals surface area contributed by atoms with E-state index in [0.717, 1.165) is 11.1 Å². The molecule has 3 unspecified atom stereocenters. The molecule has 3 atom stereocenters. The molecule has 0 amide bonds. The Hall–Kier alpha value is -3.97. The number of nitro benzene ring substituents is 1. The summed E-state index contributed by atoms with van der Waals surface area (Å²) in [4.78, 5) is 26.2. The van der Waals surface area contributed by atoms with Crippen LogP contribution in [0.3, 0.4) is 0 Å². The molecule has 1 saturated heterocycles. The van der Waals surface area contributed by atoms with E-state index in [1.54, 1.807) is 18.3 Å². The lowest BCUT2D eigenvalue weighted by Crippen LogP contribution is -2.43. The van der Waals surface area contributed by atoms with Crippen molar-refractivity contribution in [2.75, 3.05) is 0 Å². The van der Waals surface area contributed by atoms with Crippen LogP contribution in [0.5, 0.6) is 0 Å². The van der Waals surface area contributed by atoms with Crippen molar-refractivity contribution < 1.29 is 9.72 Å². The zero-order valence-electron chi connectivity index (χ0n) is 18.0. The van der Waals surface area contributed by atoms with Crippen LogP contribution >= 0.6 is 0 Å². The Kier molecular flexibility index (Phi) is 4.86. The van der Waals surface area contributed by atoms with Gasteiger partial charge in [0.05, 0.1) is 29.1 Å². The van der Waals surface area contributed by atoms with Gasteiger partial charge >= 0.3 is 0 Å². The minimum Gasteiger partial charge on any atom is -0.357 e. The molecule has 0 aliphatic carbocycles. The number of hydrogen-bond donors (Lipinski definition) is 0. The monoisotopic (exact) mass is 426 g/mol. The van der Waals surface area contributed by atoms with Gasteiger partial charge in [0, 0.05) is 29.7 Å². The maximum atomic E-state index is 13.7. The van der Waals surface area contributed by atoms with E-state index in [2.05, 4.69) is 12.1 Å². The quantitative estimate of drug-likeness (QED) is 0.518. The van der Waals surface area contributed by atoms with Gasteiger partial charge in [-0.1, -0.05) is 57.2 Å². The minimum atomic E-state index is -1.57. The van der Waals surface area contributed by atoms with Gasteiger partial charge < -0.3 is 4.90 Å². The van der Waals surface area contributed by atoms with Gasteiger partial charge in [-0.2, -0.15) is 10.5 Å². The number of ketones is 1. The summed E-state index contributed by atoms with van der Waals surface area (Å²) < 4.78 is 0. The molecule has 0 spiro atoms. The number of carbonyl (C=O) groups excluding carboxylic acids is 1. The van der Waals surface area contributed by atoms with Crippen LogP contribution in [0.1, 0.15) is 49.4 Å². The number of hydrogen-bond acceptors (Lipinski definition) is 6. The molecule has 2 heterocycles. The van der Waals surface area contributed by atoms with Gasteiger partial charge in [0.15, 0.2) is 11.2 Å². The molecular weight excluding hydrogens is 404 g/mol. The first kappa shape index (κ1) is 21.3. The fraction of sp³-hybridized carbons (Fsp3) is 0.320. The summed E-state index contributed by atoms with van der Waals surface area (Å²) in [7, 11) is 0. The molecule has 0 radical (unpaired) electrons. The maximum absolute atomic E-state index is 13.7. The van der Waals surface area contributed by atoms with E-state index in [1.807, 2.05) is 56.0 Å². The van der Waals surface area contributed by atoms with E-state index >= 15 is 0 Å². The average Bonchev–Trinajstić information content (AvgIpc) is 3.08. The summed E-state index contributed by atoms with van der Waals surface area (Å²) in [6.07, 6.45) is 3.70. The molecule has 2 aromatic carbocycles. The van der Waals surface area contributed by atoms with Crippen LogP contribution < -0.4 is 0 Å². The van der Waals surface area contributed by atoms with E-state index in [-0.39, 0.29) is 11.5 Å². The van der Waals surface area contributed by atoms with E-state index in [9.17, 15) is 25.4 Å². The Labute approximate surface area is 186 Å². The lowest BCUT2D eigenvalue weighted by Gasteiger charge is -2.36. The predicted octanol–water partition coefficient (Wildman–Crippen LogP) is 4.74. The molecule has 0 aromatic heterocycles. The van der Waals surface area contributed by atoms with Gasteiger partial charge in [0.2, 0.25) is 0 Å². The summed E-state index contributed by atoms with van der Waals surface area (Å²) in [5.41, 5.74) is -0.110. The first-order valence-electron chi connectivity index (χ1n) is 10.3. The standard InChI is InChI=1S/C25H22N4O3/c1-24(2,3)23(30)21-20(17-8-10-18(11-9-17)29(31)32)25(14-26,15-27)22-19-7-5-4-6-16(19)12-13-28(21)22/h4-13,20-22H,1-3H3. The van der Waals surface area contributed by atoms with E-state index < -0.39 is 33.8 Å². The number of nitriles is 2. The molecule has 0 bridgehead atoms. The minimum absolute atomic E-state index is 0.0899. The second-order valence-corrected chi connectivity index (χ2v) is 9.27. The van der Waals surface area contributed by atoms with Gasteiger partial charge in [0.25, 0.3) is 5.69 Å². The molecule has 1 fully saturated rings. The molecule has 2 aliphatic heterocycles. The van der Waals surface area contributed by atoms with E-state index in [4.69, 9.17) is 0 Å². The molecule has 7 nitrogen and oxygen atoms in total. The van der Waals surface area contributed by atoms with Crippen molar-refractivity contribution in [3.05, 3.63) is 81.5 Å². The molecule has 7 heteroatoms. The largest absolute Gasteiger partial charge is 0.357 e. The van der Waals surface area contributed by atoms with Crippen LogP contribution in [0.4, 0.5) is 5.69 Å². The number of rotatable bonds is 3. The molecular formula is C25H22N4O3. The highest BCUT2D eigenvalue weighted by Crippen LogP contribution is 2.60. The van der Waals surface area contributed by atoms with Crippen LogP contribution in [0.25, 0.3) is 6.08 Å². The van der Waals surface area contributed by atoms with Crippen molar-refractivity contribution in [3.8, 4) is 12.1 Å². The van der Waals surface area contributed by atoms with Crippen LogP contribution in [0.15, 0.2) is 54.7 Å². The zero-order chi connectivity index (χ0) is 23.3. The zero-order valence-corrected chi connectivity index (χ0v) is 18.0. The second-order valence-electron chi connectivity index (χ2n) is 9.27. The Morgan fingerprint density at radius 1 is 1.09 bits per heavy atom. The van der Waals surface area contributed by atoms with Gasteiger partial charge in [0.1, 0.15) is 0 Å². The number of nitro groups is 1. The summed E-state index contributed by atoms with van der Waals surface area (Å²) in [5, 5.41) is 32.0. The number of benzene rings is 2. The Balaban J connectivity index is 1.99. The Morgan fingerprint density at radius 3 is 2.28 bits per heavy atom. The Bertz CT molecular complexity index is 1200. The lowest BCUT2D eigenvalue weighted by atomic mass is 9.66. The molecule has 4 rings (SSSR count). The normalized spacial score (nSPS) is 22.9. The first-order chi connectivity index (χ1) is 15.2. The fourth-order valence-corrected chi connectivity index (χ4v) is 4.92. The van der Waals surface area contributed by atoms with Crippen molar-refractivity contribution >= 4 is 17.5 Å². The third kappa shape index (κ3) is 2.98.